The molecule has 96 valence electrons. The summed E-state index contributed by atoms with van der Waals surface area (Å²) >= 11 is 0. The van der Waals surface area contributed by atoms with Crippen LogP contribution in [0, 0.1) is 0 Å². The topological polar surface area (TPSA) is 306 Å². The van der Waals surface area contributed by atoms with Crippen molar-refractivity contribution in [1.82, 2.24) is 0 Å². The molecule has 0 aliphatic rings. The van der Waals surface area contributed by atoms with Crippen LogP contribution in [0.15, 0.2) is 0 Å². The second kappa shape index (κ2) is 120. The molecule has 0 aromatic carbocycles. The molecule has 0 rings (SSSR count). The third-order valence-corrected chi connectivity index (χ3v) is 0. The van der Waals surface area contributed by atoms with Gasteiger partial charge in [-0.3, -0.25) is 0 Å². The molecule has 0 fully saturated rings. The minimum atomic E-state index is -2.33. The molecule has 0 radical (unpaired) electrons. The summed E-state index contributed by atoms with van der Waals surface area (Å²) < 4.78 is 0. The third kappa shape index (κ3) is 2930. The number of hydrogen-bond acceptors (Lipinski definition) is 12. The number of carbonyl (C=O) groups excluding carboxylic acids is 2. The second-order valence-corrected chi connectivity index (χ2v) is 0.500. The van der Waals surface area contributed by atoms with Gasteiger partial charge in [-0.15, -0.1) is 0 Å². The second-order valence-electron chi connectivity index (χ2n) is 0.500. The van der Waals surface area contributed by atoms with E-state index in [0.717, 1.165) is 0 Å². The van der Waals surface area contributed by atoms with Gasteiger partial charge in [-0.25, -0.2) is 0 Å². The standard InChI is InChI=1S/2CH2O3.6H2O.5Zn/c2*2-1(3)4;;;;;;;;;;;/h2*(H2,2,3,4);6*1H2;;;;;/q;;;;;;;;5*+2/p-10. The predicted molar refractivity (Wildman–Crippen MR) is 22.4 cm³/mol. The van der Waals surface area contributed by atoms with Crippen LogP contribution in [0.3, 0.4) is 0 Å². The zero-order valence-corrected chi connectivity index (χ0v) is 24.5. The van der Waals surface area contributed by atoms with E-state index in [0.29, 0.717) is 0 Å². The first-order valence-electron chi connectivity index (χ1n) is 1.22. The van der Waals surface area contributed by atoms with E-state index in [1.165, 1.54) is 0 Å². The summed E-state index contributed by atoms with van der Waals surface area (Å²) in [6, 6.07) is 0. The Labute approximate surface area is 171 Å². The average Bonchev–Trinajstić information content (AvgIpc) is 1.25. The molecule has 0 saturated heterocycles. The van der Waals surface area contributed by atoms with E-state index in [1.54, 1.807) is 0 Å². The van der Waals surface area contributed by atoms with Gasteiger partial charge in [-0.1, -0.05) is 0 Å². The zero-order chi connectivity index (χ0) is 7.15. The Hall–Kier alpha value is 1.42. The fourth-order valence-electron chi connectivity index (χ4n) is 0. The van der Waals surface area contributed by atoms with Crippen molar-refractivity contribution in [1.29, 1.82) is 0 Å². The van der Waals surface area contributed by atoms with Crippen molar-refractivity contribution in [3.8, 4) is 0 Å². The molecule has 17 heteroatoms. The molecule has 0 aliphatic heterocycles. The van der Waals surface area contributed by atoms with Crippen LogP contribution in [-0.4, -0.2) is 45.2 Å². The van der Waals surface area contributed by atoms with Crippen molar-refractivity contribution in [2.24, 2.45) is 0 Å². The van der Waals surface area contributed by atoms with Crippen LogP contribution in [0.25, 0.3) is 0 Å². The number of carboxylic acid groups (broad SMARTS) is 4. The molecule has 0 amide bonds. The summed E-state index contributed by atoms with van der Waals surface area (Å²) in [5, 5.41) is 33.3. The Morgan fingerprint density at radius 3 is 0.421 bits per heavy atom. The van der Waals surface area contributed by atoms with Crippen molar-refractivity contribution in [2.75, 3.05) is 0 Å². The molecule has 12 nitrogen and oxygen atoms in total. The third-order valence-electron chi connectivity index (χ3n) is 0. The van der Waals surface area contributed by atoms with E-state index >= 15 is 0 Å². The molecule has 0 saturated carbocycles. The van der Waals surface area contributed by atoms with E-state index in [2.05, 4.69) is 0 Å². The van der Waals surface area contributed by atoms with Gasteiger partial charge in [-0.2, -0.15) is 0 Å². The summed E-state index contributed by atoms with van der Waals surface area (Å²) in [6.45, 7) is 0. The Bertz CT molecular complexity index is 82.1. The summed E-state index contributed by atoms with van der Waals surface area (Å²) in [4.78, 5) is 16.7. The fourth-order valence-corrected chi connectivity index (χ4v) is 0. The SMILES string of the molecule is O=C([O-])[O-].O=C([O-])[O-].[OH-].[OH-].[OH-].[OH-].[OH-].[OH-].[Zn+2].[Zn+2].[Zn+2].[Zn+2].[Zn+2]. The van der Waals surface area contributed by atoms with Gasteiger partial charge in [-0.05, 0) is 12.3 Å². The minimum absolute atomic E-state index is 0. The van der Waals surface area contributed by atoms with E-state index in [9.17, 15) is 0 Å². The van der Waals surface area contributed by atoms with Gasteiger partial charge < -0.3 is 62.9 Å². The Balaban J connectivity index is -0.00000000218. The number of carbonyl (C=O) groups is 2. The first-order valence-corrected chi connectivity index (χ1v) is 1.22. The van der Waals surface area contributed by atoms with Gasteiger partial charge in [0.2, 0.25) is 0 Å². The molecule has 0 aromatic heterocycles. The molecule has 0 bridgehead atoms. The van der Waals surface area contributed by atoms with Crippen LogP contribution in [0.4, 0.5) is 9.59 Å². The molecule has 6 N–H and O–H groups in total. The molecule has 0 unspecified atom stereocenters. The maximum Gasteiger partial charge on any atom is 2.00 e. The normalized spacial score (nSPS) is 2.53. The Kier molecular flexibility index (Phi) is 882. The van der Waals surface area contributed by atoms with Crippen molar-refractivity contribution < 1.29 is 160 Å². The first kappa shape index (κ1) is 140. The van der Waals surface area contributed by atoms with Gasteiger partial charge in [0, 0.05) is 0 Å². The van der Waals surface area contributed by atoms with E-state index in [1.807, 2.05) is 0 Å². The number of rotatable bonds is 0. The molecular weight excluding hydrogens is 543 g/mol. The molecule has 0 atom stereocenters. The largest absolute Gasteiger partial charge is 2.00 e. The summed E-state index contributed by atoms with van der Waals surface area (Å²) in [5.41, 5.74) is 0. The van der Waals surface area contributed by atoms with Crippen molar-refractivity contribution in [3.63, 3.8) is 0 Å². The average molecular weight is 549 g/mol. The van der Waals surface area contributed by atoms with E-state index < -0.39 is 12.3 Å². The minimum Gasteiger partial charge on any atom is -0.870 e. The van der Waals surface area contributed by atoms with Gasteiger partial charge in [0.05, 0.1) is 0 Å². The maximum absolute atomic E-state index is 8.33. The van der Waals surface area contributed by atoms with Gasteiger partial charge in [0.1, 0.15) is 0 Å². The van der Waals surface area contributed by atoms with Crippen molar-refractivity contribution in [2.45, 2.75) is 0 Å². The molecule has 19 heavy (non-hydrogen) atoms. The van der Waals surface area contributed by atoms with Crippen LogP contribution in [0.5, 0.6) is 0 Å². The quantitative estimate of drug-likeness (QED) is 0.255. The molecular formula is C2H6O12Zn5. The van der Waals surface area contributed by atoms with Crippen molar-refractivity contribution >= 4 is 12.3 Å². The molecule has 0 heterocycles. The molecule has 0 spiro atoms. The fraction of sp³-hybridized carbons (Fsp3) is 0. The number of hydrogen-bond donors (Lipinski definition) is 0. The van der Waals surface area contributed by atoms with Crippen LogP contribution >= 0.6 is 0 Å². The summed E-state index contributed by atoms with van der Waals surface area (Å²) in [7, 11) is 0. The van der Waals surface area contributed by atoms with E-state index in [-0.39, 0.29) is 130 Å². The van der Waals surface area contributed by atoms with Crippen molar-refractivity contribution in [3.05, 3.63) is 0 Å². The predicted octanol–water partition coefficient (Wildman–Crippen LogP) is -5.97. The van der Waals surface area contributed by atoms with Crippen LogP contribution < -0.4 is 20.4 Å². The molecule has 0 aromatic rings. The molecule has 0 aliphatic carbocycles. The van der Waals surface area contributed by atoms with Crippen LogP contribution in [-0.2, 0) is 97.4 Å². The van der Waals surface area contributed by atoms with Crippen LogP contribution in [0.1, 0.15) is 0 Å². The monoisotopic (exact) mass is 542 g/mol. The van der Waals surface area contributed by atoms with Crippen LogP contribution in [0.2, 0.25) is 0 Å². The zero-order valence-electron chi connectivity index (χ0n) is 9.67. The smallest absolute Gasteiger partial charge is 0.870 e. The van der Waals surface area contributed by atoms with Gasteiger partial charge >= 0.3 is 97.4 Å². The van der Waals surface area contributed by atoms with Gasteiger partial charge in [0.15, 0.2) is 0 Å². The van der Waals surface area contributed by atoms with E-state index in [4.69, 9.17) is 30.0 Å². The summed E-state index contributed by atoms with van der Waals surface area (Å²) in [5.74, 6) is 0. The Morgan fingerprint density at radius 2 is 0.421 bits per heavy atom. The Morgan fingerprint density at radius 1 is 0.421 bits per heavy atom. The first-order chi connectivity index (χ1) is 3.46. The maximum atomic E-state index is 8.33. The summed E-state index contributed by atoms with van der Waals surface area (Å²) in [6.07, 6.45) is -4.67. The van der Waals surface area contributed by atoms with Gasteiger partial charge in [0.25, 0.3) is 0 Å².